The third kappa shape index (κ3) is 2.07. The van der Waals surface area contributed by atoms with Gasteiger partial charge in [0.2, 0.25) is 5.91 Å². The molecule has 1 aromatic rings. The highest BCUT2D eigenvalue weighted by atomic mass is 16.5. The largest absolute Gasteiger partial charge is 0.507 e. The van der Waals surface area contributed by atoms with Crippen LogP contribution in [0.1, 0.15) is 17.5 Å². The molecule has 1 aliphatic rings. The molecule has 5 heteroatoms. The molecule has 0 unspecified atom stereocenters. The Labute approximate surface area is 104 Å². The summed E-state index contributed by atoms with van der Waals surface area (Å²) in [4.78, 5) is 23.2. The van der Waals surface area contributed by atoms with Crippen molar-refractivity contribution in [2.45, 2.75) is 13.3 Å². The predicted molar refractivity (Wildman–Crippen MR) is 66.0 cm³/mol. The summed E-state index contributed by atoms with van der Waals surface area (Å²) in [7, 11) is 1.21. The summed E-state index contributed by atoms with van der Waals surface area (Å²) in [6, 6.07) is 5.19. The molecule has 0 aliphatic carbocycles. The number of esters is 1. The standard InChI is InChI=1S/C13H13NO4/c1-7-3-4-8-10(5-7)14-11(15)6-9(12(8)16)13(17)18-2/h3-5,16H,6H2,1-2H3,(H,14,15). The Kier molecular flexibility index (Phi) is 3.06. The molecule has 1 amide bonds. The molecular weight excluding hydrogens is 234 g/mol. The maximum Gasteiger partial charge on any atom is 0.338 e. The lowest BCUT2D eigenvalue weighted by molar-refractivity contribution is -0.137. The number of carbonyl (C=O) groups is 2. The molecule has 2 N–H and O–H groups in total. The Morgan fingerprint density at radius 3 is 2.83 bits per heavy atom. The van der Waals surface area contributed by atoms with Crippen molar-refractivity contribution in [1.29, 1.82) is 0 Å². The average Bonchev–Trinajstić information content (AvgIpc) is 2.45. The van der Waals surface area contributed by atoms with Crippen LogP contribution in [0.2, 0.25) is 0 Å². The molecule has 18 heavy (non-hydrogen) atoms. The molecule has 2 rings (SSSR count). The molecule has 0 saturated carbocycles. The first-order chi connectivity index (χ1) is 8.52. The number of methoxy groups -OCH3 is 1. The molecule has 1 heterocycles. The molecule has 0 bridgehead atoms. The van der Waals surface area contributed by atoms with E-state index in [2.05, 4.69) is 10.1 Å². The summed E-state index contributed by atoms with van der Waals surface area (Å²) in [6.45, 7) is 1.87. The zero-order valence-electron chi connectivity index (χ0n) is 10.1. The lowest BCUT2D eigenvalue weighted by Crippen LogP contribution is -2.14. The van der Waals surface area contributed by atoms with Gasteiger partial charge in [0.05, 0.1) is 24.8 Å². The van der Waals surface area contributed by atoms with Gasteiger partial charge in [0.15, 0.2) is 0 Å². The minimum Gasteiger partial charge on any atom is -0.507 e. The predicted octanol–water partition coefficient (Wildman–Crippen LogP) is 1.78. The summed E-state index contributed by atoms with van der Waals surface area (Å²) in [5.74, 6) is -1.27. The van der Waals surface area contributed by atoms with Crippen LogP contribution in [0.3, 0.4) is 0 Å². The van der Waals surface area contributed by atoms with Crippen LogP contribution < -0.4 is 5.32 Å². The highest BCUT2D eigenvalue weighted by molar-refractivity contribution is 6.08. The first-order valence-corrected chi connectivity index (χ1v) is 5.44. The quantitative estimate of drug-likeness (QED) is 0.742. The molecule has 1 aliphatic heterocycles. The second-order valence-corrected chi connectivity index (χ2v) is 4.09. The first-order valence-electron chi connectivity index (χ1n) is 5.44. The smallest absolute Gasteiger partial charge is 0.338 e. The van der Waals surface area contributed by atoms with Crippen molar-refractivity contribution in [3.63, 3.8) is 0 Å². The number of aryl methyl sites for hydroxylation is 1. The van der Waals surface area contributed by atoms with Crippen LogP contribution in [-0.4, -0.2) is 24.1 Å². The molecule has 1 aromatic carbocycles. The van der Waals surface area contributed by atoms with Gasteiger partial charge in [-0.25, -0.2) is 4.79 Å². The van der Waals surface area contributed by atoms with Gasteiger partial charge in [0, 0.05) is 5.56 Å². The van der Waals surface area contributed by atoms with E-state index < -0.39 is 5.97 Å². The van der Waals surface area contributed by atoms with Gasteiger partial charge < -0.3 is 15.2 Å². The number of rotatable bonds is 1. The van der Waals surface area contributed by atoms with Crippen LogP contribution in [0.5, 0.6) is 0 Å². The second-order valence-electron chi connectivity index (χ2n) is 4.09. The van der Waals surface area contributed by atoms with E-state index in [1.54, 1.807) is 18.2 Å². The summed E-state index contributed by atoms with van der Waals surface area (Å²) in [5, 5.41) is 12.8. The number of benzene rings is 1. The van der Waals surface area contributed by atoms with Gasteiger partial charge in [0.1, 0.15) is 5.76 Å². The van der Waals surface area contributed by atoms with E-state index in [1.807, 2.05) is 6.92 Å². The zero-order chi connectivity index (χ0) is 13.3. The number of nitrogens with one attached hydrogen (secondary N) is 1. The number of hydrogen-bond donors (Lipinski definition) is 2. The summed E-state index contributed by atoms with van der Waals surface area (Å²) in [6.07, 6.45) is -0.202. The molecule has 0 radical (unpaired) electrons. The van der Waals surface area contributed by atoms with E-state index in [1.165, 1.54) is 7.11 Å². The van der Waals surface area contributed by atoms with E-state index in [-0.39, 0.29) is 23.7 Å². The number of aliphatic hydroxyl groups excluding tert-OH is 1. The molecule has 0 atom stereocenters. The lowest BCUT2D eigenvalue weighted by atomic mass is 10.0. The van der Waals surface area contributed by atoms with E-state index >= 15 is 0 Å². The second kappa shape index (κ2) is 4.52. The van der Waals surface area contributed by atoms with Crippen molar-refractivity contribution in [3.05, 3.63) is 34.9 Å². The molecule has 0 aromatic heterocycles. The number of carbonyl (C=O) groups excluding carboxylic acids is 2. The fourth-order valence-corrected chi connectivity index (χ4v) is 1.86. The fourth-order valence-electron chi connectivity index (χ4n) is 1.86. The molecule has 5 nitrogen and oxygen atoms in total. The van der Waals surface area contributed by atoms with Crippen LogP contribution in [0.25, 0.3) is 5.76 Å². The number of ether oxygens (including phenoxy) is 1. The maximum absolute atomic E-state index is 11.7. The van der Waals surface area contributed by atoms with Crippen molar-refractivity contribution in [2.75, 3.05) is 12.4 Å². The van der Waals surface area contributed by atoms with Gasteiger partial charge in [-0.1, -0.05) is 6.07 Å². The lowest BCUT2D eigenvalue weighted by Gasteiger charge is -2.08. The van der Waals surface area contributed by atoms with E-state index in [0.29, 0.717) is 11.3 Å². The SMILES string of the molecule is COC(=O)C1=C(O)c2ccc(C)cc2NC(=O)C1. The highest BCUT2D eigenvalue weighted by Gasteiger charge is 2.25. The Balaban J connectivity index is 2.61. The third-order valence-electron chi connectivity index (χ3n) is 2.76. The van der Waals surface area contributed by atoms with E-state index in [9.17, 15) is 14.7 Å². The highest BCUT2D eigenvalue weighted by Crippen LogP contribution is 2.30. The average molecular weight is 247 g/mol. The van der Waals surface area contributed by atoms with Crippen LogP contribution in [0.15, 0.2) is 23.8 Å². The topological polar surface area (TPSA) is 75.6 Å². The van der Waals surface area contributed by atoms with Gasteiger partial charge in [-0.05, 0) is 24.6 Å². The number of amides is 1. The molecule has 0 spiro atoms. The van der Waals surface area contributed by atoms with Gasteiger partial charge in [0.25, 0.3) is 0 Å². The normalized spacial score (nSPS) is 14.7. The van der Waals surface area contributed by atoms with Crippen molar-refractivity contribution in [1.82, 2.24) is 0 Å². The van der Waals surface area contributed by atoms with Crippen LogP contribution >= 0.6 is 0 Å². The first kappa shape index (κ1) is 12.2. The summed E-state index contributed by atoms with van der Waals surface area (Å²) < 4.78 is 4.57. The third-order valence-corrected chi connectivity index (χ3v) is 2.76. The molecule has 0 fully saturated rings. The number of anilines is 1. The molecule has 0 saturated heterocycles. The minimum absolute atomic E-state index is 0.0300. The Hall–Kier alpha value is -2.30. The Morgan fingerprint density at radius 2 is 2.17 bits per heavy atom. The van der Waals surface area contributed by atoms with Gasteiger partial charge in [-0.3, -0.25) is 4.79 Å². The Morgan fingerprint density at radius 1 is 1.44 bits per heavy atom. The van der Waals surface area contributed by atoms with Crippen molar-refractivity contribution < 1.29 is 19.4 Å². The fraction of sp³-hybridized carbons (Fsp3) is 0.231. The summed E-state index contributed by atoms with van der Waals surface area (Å²) >= 11 is 0. The summed E-state index contributed by atoms with van der Waals surface area (Å²) in [5.41, 5.74) is 1.84. The van der Waals surface area contributed by atoms with E-state index in [0.717, 1.165) is 5.56 Å². The van der Waals surface area contributed by atoms with Crippen LogP contribution in [0.4, 0.5) is 5.69 Å². The van der Waals surface area contributed by atoms with Crippen molar-refractivity contribution in [3.8, 4) is 0 Å². The number of fused-ring (bicyclic) bond motifs is 1. The maximum atomic E-state index is 11.7. The Bertz CT molecular complexity index is 560. The van der Waals surface area contributed by atoms with Crippen molar-refractivity contribution >= 4 is 23.3 Å². The van der Waals surface area contributed by atoms with Gasteiger partial charge in [-0.2, -0.15) is 0 Å². The number of aliphatic hydroxyl groups is 1. The van der Waals surface area contributed by atoms with Gasteiger partial charge >= 0.3 is 5.97 Å². The van der Waals surface area contributed by atoms with Crippen LogP contribution in [-0.2, 0) is 14.3 Å². The van der Waals surface area contributed by atoms with Gasteiger partial charge in [-0.15, -0.1) is 0 Å². The van der Waals surface area contributed by atoms with E-state index in [4.69, 9.17) is 0 Å². The minimum atomic E-state index is -0.698. The number of hydrogen-bond acceptors (Lipinski definition) is 4. The molecular formula is C13H13NO4. The molecule has 94 valence electrons. The zero-order valence-corrected chi connectivity index (χ0v) is 10.1. The van der Waals surface area contributed by atoms with Crippen molar-refractivity contribution in [2.24, 2.45) is 0 Å². The van der Waals surface area contributed by atoms with Crippen LogP contribution in [0, 0.1) is 6.92 Å². The monoisotopic (exact) mass is 247 g/mol.